The maximum absolute atomic E-state index is 14.4. The summed E-state index contributed by atoms with van der Waals surface area (Å²) in [5, 5.41) is 1.87. The zero-order valence-corrected chi connectivity index (χ0v) is 24.0. The smallest absolute Gasteiger partial charge is 0.476 e. The van der Waals surface area contributed by atoms with E-state index in [4.69, 9.17) is 23.0 Å². The van der Waals surface area contributed by atoms with Crippen molar-refractivity contribution in [1.29, 1.82) is 0 Å². The molecule has 8 nitrogen and oxygen atoms in total. The Bertz CT molecular complexity index is 1490. The molecule has 1 aliphatic rings. The summed E-state index contributed by atoms with van der Waals surface area (Å²) in [6.07, 6.45) is 2.78. The van der Waals surface area contributed by atoms with Crippen LogP contribution in [0.4, 0.5) is 0 Å². The molecule has 1 aromatic heterocycles. The van der Waals surface area contributed by atoms with E-state index in [-0.39, 0.29) is 12.5 Å². The lowest BCUT2D eigenvalue weighted by Crippen LogP contribution is -2.40. The maximum atomic E-state index is 14.4. The molecule has 3 aromatic carbocycles. The van der Waals surface area contributed by atoms with Crippen LogP contribution in [0.2, 0.25) is 0 Å². The van der Waals surface area contributed by atoms with Gasteiger partial charge in [-0.3, -0.25) is 13.6 Å². The molecule has 3 atom stereocenters. The molecule has 1 saturated heterocycles. The molecule has 1 N–H and O–H groups in total. The van der Waals surface area contributed by atoms with Crippen molar-refractivity contribution in [2.24, 2.45) is 11.3 Å². The summed E-state index contributed by atoms with van der Waals surface area (Å²) in [7, 11) is -0.862. The third-order valence-corrected chi connectivity index (χ3v) is 8.81. The summed E-state index contributed by atoms with van der Waals surface area (Å²) in [6.45, 7) is 8.28. The first-order valence-electron chi connectivity index (χ1n) is 13.0. The first-order valence-corrected chi connectivity index (χ1v) is 14.4. The van der Waals surface area contributed by atoms with Gasteiger partial charge in [0.25, 0.3) is 0 Å². The van der Waals surface area contributed by atoms with E-state index in [0.29, 0.717) is 17.2 Å². The fraction of sp³-hybridized carbons (Fsp3) is 0.367. The quantitative estimate of drug-likeness (QED) is 0.228. The Balaban J connectivity index is 1.63. The van der Waals surface area contributed by atoms with Gasteiger partial charge >= 0.3 is 7.82 Å². The largest absolute Gasteiger partial charge is 0.493 e. The van der Waals surface area contributed by atoms with Gasteiger partial charge in [0.05, 0.1) is 39.0 Å². The minimum atomic E-state index is -4.08. The maximum Gasteiger partial charge on any atom is 0.476 e. The number of phosphoric acid groups is 1. The van der Waals surface area contributed by atoms with Crippen molar-refractivity contribution < 1.29 is 27.6 Å². The van der Waals surface area contributed by atoms with Crippen LogP contribution in [0.25, 0.3) is 10.8 Å². The van der Waals surface area contributed by atoms with E-state index < -0.39 is 24.9 Å². The van der Waals surface area contributed by atoms with Crippen molar-refractivity contribution in [2.45, 2.75) is 39.4 Å². The van der Waals surface area contributed by atoms with Crippen molar-refractivity contribution in [3.8, 4) is 11.5 Å². The van der Waals surface area contributed by atoms with Crippen molar-refractivity contribution >= 4 is 18.6 Å². The molecule has 4 aromatic rings. The molecule has 39 heavy (non-hydrogen) atoms. The number of hydrogen-bond donors (Lipinski definition) is 1. The molecule has 1 fully saturated rings. The molecular formula is C30H35N2O6P. The van der Waals surface area contributed by atoms with Crippen LogP contribution in [0.5, 0.6) is 11.5 Å². The number of H-pyrrole nitrogens is 1. The van der Waals surface area contributed by atoms with Gasteiger partial charge < -0.3 is 14.5 Å². The number of ether oxygens (including phenoxy) is 2. The van der Waals surface area contributed by atoms with Crippen LogP contribution in [0.1, 0.15) is 50.6 Å². The van der Waals surface area contributed by atoms with Crippen molar-refractivity contribution in [1.82, 2.24) is 9.97 Å². The number of fused-ring (bicyclic) bond motifs is 1. The lowest BCUT2D eigenvalue weighted by atomic mass is 9.80. The summed E-state index contributed by atoms with van der Waals surface area (Å²) in [5.74, 6) is 1.05. The summed E-state index contributed by atoms with van der Waals surface area (Å²) < 4.78 is 44.3. The normalized spacial score (nSPS) is 22.5. The van der Waals surface area contributed by atoms with Gasteiger partial charge in [0, 0.05) is 5.41 Å². The molecule has 0 bridgehead atoms. The molecule has 9 heteroatoms. The van der Waals surface area contributed by atoms with Gasteiger partial charge in [0.1, 0.15) is 11.7 Å². The summed E-state index contributed by atoms with van der Waals surface area (Å²) >= 11 is 0. The number of nitrogens with zero attached hydrogens (tertiary/aromatic N) is 1. The molecule has 5 rings (SSSR count). The van der Waals surface area contributed by atoms with Crippen molar-refractivity contribution in [3.05, 3.63) is 90.0 Å². The van der Waals surface area contributed by atoms with Crippen molar-refractivity contribution in [2.75, 3.05) is 20.8 Å². The minimum absolute atomic E-state index is 0.196. The van der Waals surface area contributed by atoms with Crippen LogP contribution in [0, 0.1) is 11.3 Å². The van der Waals surface area contributed by atoms with E-state index in [9.17, 15) is 4.57 Å². The molecule has 1 aliphatic heterocycles. The first-order chi connectivity index (χ1) is 18.6. The Morgan fingerprint density at radius 1 is 1.03 bits per heavy atom. The van der Waals surface area contributed by atoms with Crippen LogP contribution in [0.15, 0.2) is 73.2 Å². The monoisotopic (exact) mass is 550 g/mol. The summed E-state index contributed by atoms with van der Waals surface area (Å²) in [6, 6.07) is 19.6. The van der Waals surface area contributed by atoms with E-state index in [1.165, 1.54) is 0 Å². The lowest BCUT2D eigenvalue weighted by Gasteiger charge is -2.45. The highest BCUT2D eigenvalue weighted by Gasteiger charge is 2.53. The molecule has 2 heterocycles. The zero-order valence-electron chi connectivity index (χ0n) is 23.1. The number of hydrogen-bond acceptors (Lipinski definition) is 7. The van der Waals surface area contributed by atoms with E-state index in [1.54, 1.807) is 26.7 Å². The van der Waals surface area contributed by atoms with Crippen LogP contribution in [-0.4, -0.2) is 30.8 Å². The standard InChI is InChI=1S/C30H35N2O6P/c1-20(2)30(27-17-31-19-32-27,24-13-12-22-15-25(34-5)26(35-6)16-23(22)14-24)38-39(33)36-18-29(3,4)28(37-39)21-10-8-7-9-11-21/h7-17,19-20,28H,18H2,1-6H3,(H,31,32)/t28?,30-,39?/m0/s1. The molecule has 0 spiro atoms. The number of rotatable bonds is 8. The van der Waals surface area contributed by atoms with Gasteiger partial charge in [-0.1, -0.05) is 70.2 Å². The number of benzene rings is 3. The predicted molar refractivity (Wildman–Crippen MR) is 150 cm³/mol. The fourth-order valence-corrected chi connectivity index (χ4v) is 7.34. The first kappa shape index (κ1) is 27.4. The second kappa shape index (κ2) is 10.4. The van der Waals surface area contributed by atoms with Gasteiger partial charge in [-0.2, -0.15) is 0 Å². The average molecular weight is 551 g/mol. The third-order valence-electron chi connectivity index (χ3n) is 7.38. The van der Waals surface area contributed by atoms with E-state index in [1.807, 2.05) is 88.4 Å². The number of methoxy groups -OCH3 is 2. The van der Waals surface area contributed by atoms with Crippen LogP contribution < -0.4 is 9.47 Å². The molecule has 0 aliphatic carbocycles. The zero-order chi connectivity index (χ0) is 27.8. The van der Waals surface area contributed by atoms with Gasteiger partial charge in [-0.25, -0.2) is 9.55 Å². The number of imidazole rings is 1. The average Bonchev–Trinajstić information content (AvgIpc) is 3.48. The van der Waals surface area contributed by atoms with Crippen LogP contribution in [-0.2, 0) is 23.7 Å². The predicted octanol–water partition coefficient (Wildman–Crippen LogP) is 7.42. The van der Waals surface area contributed by atoms with Crippen LogP contribution in [0.3, 0.4) is 0 Å². The minimum Gasteiger partial charge on any atom is -0.493 e. The molecule has 0 radical (unpaired) electrons. The molecule has 0 saturated carbocycles. The number of nitrogens with one attached hydrogen (secondary N) is 1. The second-order valence-electron chi connectivity index (χ2n) is 10.8. The highest BCUT2D eigenvalue weighted by molar-refractivity contribution is 7.48. The Hall–Kier alpha value is -3.16. The van der Waals surface area contributed by atoms with Gasteiger partial charge in [0.15, 0.2) is 11.5 Å². The Morgan fingerprint density at radius 3 is 2.33 bits per heavy atom. The number of phosphoric ester groups is 1. The van der Waals surface area contributed by atoms with Gasteiger partial charge in [-0.15, -0.1) is 0 Å². The second-order valence-corrected chi connectivity index (χ2v) is 12.4. The Kier molecular flexibility index (Phi) is 7.33. The highest BCUT2D eigenvalue weighted by atomic mass is 31.2. The lowest BCUT2D eigenvalue weighted by molar-refractivity contribution is -0.0851. The molecule has 2 unspecified atom stereocenters. The van der Waals surface area contributed by atoms with Gasteiger partial charge in [0.2, 0.25) is 0 Å². The summed E-state index contributed by atoms with van der Waals surface area (Å²) in [4.78, 5) is 7.47. The Labute approximate surface area is 229 Å². The summed E-state index contributed by atoms with van der Waals surface area (Å²) in [5.41, 5.74) is 0.672. The Morgan fingerprint density at radius 2 is 1.72 bits per heavy atom. The third kappa shape index (κ3) is 4.98. The molecule has 0 amide bonds. The SMILES string of the molecule is COc1cc2ccc([C@](OP3(=O)OCC(C)(C)C(c4ccccc4)O3)(c3cnc[nH]3)C(C)C)cc2cc1OC. The van der Waals surface area contributed by atoms with E-state index >= 15 is 0 Å². The van der Waals surface area contributed by atoms with Gasteiger partial charge in [-0.05, 0) is 46.0 Å². The molecular weight excluding hydrogens is 515 g/mol. The van der Waals surface area contributed by atoms with E-state index in [0.717, 1.165) is 21.9 Å². The van der Waals surface area contributed by atoms with Crippen molar-refractivity contribution in [3.63, 3.8) is 0 Å². The fourth-order valence-electron chi connectivity index (χ4n) is 5.26. The molecule has 206 valence electrons. The number of aromatic nitrogens is 2. The highest BCUT2D eigenvalue weighted by Crippen LogP contribution is 2.65. The topological polar surface area (TPSA) is 91.9 Å². The van der Waals surface area contributed by atoms with Crippen LogP contribution >= 0.6 is 7.82 Å². The number of aromatic amines is 1. The van der Waals surface area contributed by atoms with E-state index in [2.05, 4.69) is 9.97 Å².